The maximum absolute atomic E-state index is 3.66. The van der Waals surface area contributed by atoms with Gasteiger partial charge >= 0.3 is 0 Å². The Balaban J connectivity index is 1.81. The number of rotatable bonds is 7. The maximum Gasteiger partial charge on any atom is 0.0425 e. The summed E-state index contributed by atoms with van der Waals surface area (Å²) in [4.78, 5) is 2.64. The number of hydrogen-bond donors (Lipinski definition) is 1. The van der Waals surface area contributed by atoms with Gasteiger partial charge in [-0.05, 0) is 49.3 Å². The Kier molecular flexibility index (Phi) is 4.37. The van der Waals surface area contributed by atoms with E-state index in [1.54, 1.807) is 0 Å². The number of benzene rings is 1. The van der Waals surface area contributed by atoms with Gasteiger partial charge in [0, 0.05) is 35.3 Å². The van der Waals surface area contributed by atoms with E-state index in [2.05, 4.69) is 58.2 Å². The summed E-state index contributed by atoms with van der Waals surface area (Å²) < 4.78 is 1.19. The third-order valence-corrected chi connectivity index (χ3v) is 4.56. The van der Waals surface area contributed by atoms with Crippen LogP contribution in [0.1, 0.15) is 45.1 Å². The van der Waals surface area contributed by atoms with Crippen LogP contribution in [-0.4, -0.2) is 18.6 Å². The largest absolute Gasteiger partial charge is 0.368 e. The molecule has 2 nitrogen and oxygen atoms in total. The molecule has 2 fully saturated rings. The Morgan fingerprint density at radius 1 is 1.25 bits per heavy atom. The molecular weight excluding hydrogens is 312 g/mol. The average molecular weight is 337 g/mol. The molecule has 2 aliphatic rings. The summed E-state index contributed by atoms with van der Waals surface area (Å²) in [5.74, 6) is 0.707. The molecule has 0 radical (unpaired) electrons. The fourth-order valence-corrected chi connectivity index (χ4v) is 3.07. The van der Waals surface area contributed by atoms with Gasteiger partial charge in [-0.25, -0.2) is 0 Å². The van der Waals surface area contributed by atoms with Crippen molar-refractivity contribution in [2.24, 2.45) is 5.92 Å². The standard InChI is InChI=1S/C17H25BrN2/c1-12(2)11-20(16-7-8-16)17-9-14(18)4-3-13(17)10-19-15-5-6-15/h3-4,9,12,15-16,19H,5-8,10-11H2,1-2H3. The lowest BCUT2D eigenvalue weighted by Crippen LogP contribution is -2.31. The molecule has 0 bridgehead atoms. The van der Waals surface area contributed by atoms with Crippen LogP contribution in [0.4, 0.5) is 5.69 Å². The molecule has 1 aromatic rings. The predicted molar refractivity (Wildman–Crippen MR) is 89.2 cm³/mol. The zero-order chi connectivity index (χ0) is 14.1. The highest BCUT2D eigenvalue weighted by Gasteiger charge is 2.31. The van der Waals surface area contributed by atoms with Gasteiger partial charge in [0.1, 0.15) is 0 Å². The molecule has 0 heterocycles. The van der Waals surface area contributed by atoms with E-state index in [1.165, 1.54) is 41.4 Å². The Labute approximate surface area is 131 Å². The highest BCUT2D eigenvalue weighted by Crippen LogP contribution is 2.36. The van der Waals surface area contributed by atoms with Crippen molar-refractivity contribution in [3.05, 3.63) is 28.2 Å². The van der Waals surface area contributed by atoms with E-state index < -0.39 is 0 Å². The van der Waals surface area contributed by atoms with Crippen LogP contribution in [0.25, 0.3) is 0 Å². The predicted octanol–water partition coefficient (Wildman–Crippen LogP) is 4.33. The van der Waals surface area contributed by atoms with Crippen molar-refractivity contribution in [1.82, 2.24) is 5.32 Å². The van der Waals surface area contributed by atoms with Crippen LogP contribution in [0.5, 0.6) is 0 Å². The summed E-state index contributed by atoms with van der Waals surface area (Å²) in [6, 6.07) is 8.31. The average Bonchev–Trinajstić information content (AvgIpc) is 3.27. The normalized spacial score (nSPS) is 18.6. The van der Waals surface area contributed by atoms with E-state index in [9.17, 15) is 0 Å². The zero-order valence-corrected chi connectivity index (χ0v) is 14.1. The lowest BCUT2D eigenvalue weighted by atomic mass is 10.1. The minimum atomic E-state index is 0.707. The second-order valence-corrected chi connectivity index (χ2v) is 7.62. The molecule has 0 spiro atoms. The van der Waals surface area contributed by atoms with Crippen LogP contribution in [0.3, 0.4) is 0 Å². The number of nitrogens with one attached hydrogen (secondary N) is 1. The van der Waals surface area contributed by atoms with Gasteiger partial charge in [-0.3, -0.25) is 0 Å². The third-order valence-electron chi connectivity index (χ3n) is 4.06. The van der Waals surface area contributed by atoms with Gasteiger partial charge < -0.3 is 10.2 Å². The van der Waals surface area contributed by atoms with E-state index in [0.717, 1.165) is 25.2 Å². The molecule has 1 N–H and O–H groups in total. The number of anilines is 1. The lowest BCUT2D eigenvalue weighted by molar-refractivity contribution is 0.602. The van der Waals surface area contributed by atoms with Crippen LogP contribution < -0.4 is 10.2 Å². The van der Waals surface area contributed by atoms with Crippen molar-refractivity contribution in [3.8, 4) is 0 Å². The van der Waals surface area contributed by atoms with Crippen molar-refractivity contribution < 1.29 is 0 Å². The van der Waals surface area contributed by atoms with Gasteiger partial charge in [0.2, 0.25) is 0 Å². The second-order valence-electron chi connectivity index (χ2n) is 6.71. The van der Waals surface area contributed by atoms with Gasteiger partial charge in [0.25, 0.3) is 0 Å². The monoisotopic (exact) mass is 336 g/mol. The number of hydrogen-bond acceptors (Lipinski definition) is 2. The van der Waals surface area contributed by atoms with Gasteiger partial charge in [-0.1, -0.05) is 35.8 Å². The molecule has 0 unspecified atom stereocenters. The Morgan fingerprint density at radius 2 is 2.00 bits per heavy atom. The quantitative estimate of drug-likeness (QED) is 0.797. The summed E-state index contributed by atoms with van der Waals surface area (Å²) in [6.07, 6.45) is 5.41. The molecule has 110 valence electrons. The smallest absolute Gasteiger partial charge is 0.0425 e. The molecule has 2 aliphatic carbocycles. The summed E-state index contributed by atoms with van der Waals surface area (Å²) >= 11 is 3.65. The Bertz CT molecular complexity index is 464. The first-order chi connectivity index (χ1) is 9.63. The second kappa shape index (κ2) is 6.07. The molecule has 1 aromatic carbocycles. The highest BCUT2D eigenvalue weighted by atomic mass is 79.9. The Hall–Kier alpha value is -0.540. The summed E-state index contributed by atoms with van der Waals surface area (Å²) in [6.45, 7) is 6.80. The molecule has 2 saturated carbocycles. The Morgan fingerprint density at radius 3 is 2.60 bits per heavy atom. The van der Waals surface area contributed by atoms with E-state index in [4.69, 9.17) is 0 Å². The van der Waals surface area contributed by atoms with Crippen molar-refractivity contribution in [2.75, 3.05) is 11.4 Å². The number of halogens is 1. The first-order valence-corrected chi connectivity index (χ1v) is 8.71. The lowest BCUT2D eigenvalue weighted by Gasteiger charge is -2.29. The fraction of sp³-hybridized carbons (Fsp3) is 0.647. The van der Waals surface area contributed by atoms with Crippen LogP contribution in [0.15, 0.2) is 22.7 Å². The molecule has 0 aliphatic heterocycles. The van der Waals surface area contributed by atoms with E-state index >= 15 is 0 Å². The molecule has 0 saturated heterocycles. The SMILES string of the molecule is CC(C)CN(c1cc(Br)ccc1CNC1CC1)C1CC1. The van der Waals surface area contributed by atoms with E-state index in [1.807, 2.05) is 0 Å². The third kappa shape index (κ3) is 3.76. The summed E-state index contributed by atoms with van der Waals surface area (Å²) in [5.41, 5.74) is 2.89. The molecule has 3 rings (SSSR count). The molecule has 0 aromatic heterocycles. The van der Waals surface area contributed by atoms with Crippen LogP contribution >= 0.6 is 15.9 Å². The first kappa shape index (κ1) is 14.4. The van der Waals surface area contributed by atoms with Gasteiger partial charge in [0.05, 0.1) is 0 Å². The van der Waals surface area contributed by atoms with Gasteiger partial charge in [-0.2, -0.15) is 0 Å². The van der Waals surface area contributed by atoms with Crippen LogP contribution in [-0.2, 0) is 6.54 Å². The minimum Gasteiger partial charge on any atom is -0.368 e. The van der Waals surface area contributed by atoms with Crippen LogP contribution in [0.2, 0.25) is 0 Å². The zero-order valence-electron chi connectivity index (χ0n) is 12.5. The first-order valence-electron chi connectivity index (χ1n) is 7.92. The highest BCUT2D eigenvalue weighted by molar-refractivity contribution is 9.10. The fourth-order valence-electron chi connectivity index (χ4n) is 2.72. The van der Waals surface area contributed by atoms with Crippen molar-refractivity contribution >= 4 is 21.6 Å². The molecule has 3 heteroatoms. The van der Waals surface area contributed by atoms with Gasteiger partial charge in [-0.15, -0.1) is 0 Å². The van der Waals surface area contributed by atoms with Crippen molar-refractivity contribution in [3.63, 3.8) is 0 Å². The van der Waals surface area contributed by atoms with E-state index in [-0.39, 0.29) is 0 Å². The molecule has 0 atom stereocenters. The topological polar surface area (TPSA) is 15.3 Å². The number of nitrogens with zero attached hydrogens (tertiary/aromatic N) is 1. The summed E-state index contributed by atoms with van der Waals surface area (Å²) in [7, 11) is 0. The summed E-state index contributed by atoms with van der Waals surface area (Å²) in [5, 5.41) is 3.66. The minimum absolute atomic E-state index is 0.707. The maximum atomic E-state index is 3.66. The molecule has 20 heavy (non-hydrogen) atoms. The van der Waals surface area contributed by atoms with Crippen molar-refractivity contribution in [2.45, 2.75) is 58.2 Å². The molecular formula is C17H25BrN2. The molecule has 0 amide bonds. The van der Waals surface area contributed by atoms with Crippen molar-refractivity contribution in [1.29, 1.82) is 0 Å². The van der Waals surface area contributed by atoms with E-state index in [0.29, 0.717) is 5.92 Å². The van der Waals surface area contributed by atoms with Gasteiger partial charge in [0.15, 0.2) is 0 Å². The van der Waals surface area contributed by atoms with Crippen LogP contribution in [0, 0.1) is 5.92 Å².